The summed E-state index contributed by atoms with van der Waals surface area (Å²) in [6.07, 6.45) is 0. The fraction of sp³-hybridized carbons (Fsp3) is 1.00. The highest BCUT2D eigenvalue weighted by Gasteiger charge is 1.84. The average molecular weight is 208 g/mol. The van der Waals surface area contributed by atoms with Crippen LogP contribution in [0.5, 0.6) is 0 Å². The maximum Gasteiger partial charge on any atom is 0.00584 e. The summed E-state index contributed by atoms with van der Waals surface area (Å²) < 4.78 is 0. The van der Waals surface area contributed by atoms with Gasteiger partial charge in [-0.2, -0.15) is 11.8 Å². The summed E-state index contributed by atoms with van der Waals surface area (Å²) in [5, 5.41) is 6.21. The summed E-state index contributed by atoms with van der Waals surface area (Å²) in [7, 11) is 3.97. The molecule has 0 spiro atoms. The highest BCUT2D eigenvalue weighted by molar-refractivity contribution is 7.99. The topological polar surface area (TPSA) is 24.1 Å². The number of thioether (sulfide) groups is 1. The zero-order valence-electron chi connectivity index (χ0n) is 10.2. The van der Waals surface area contributed by atoms with Gasteiger partial charge in [-0.3, -0.25) is 0 Å². The molecule has 0 aromatic rings. The Morgan fingerprint density at radius 1 is 0.769 bits per heavy atom. The first kappa shape index (κ1) is 18.9. The van der Waals surface area contributed by atoms with Crippen molar-refractivity contribution in [2.75, 3.05) is 38.7 Å². The van der Waals surface area contributed by atoms with Gasteiger partial charge in [0.25, 0.3) is 0 Å². The Hall–Kier alpha value is 0.270. The van der Waals surface area contributed by atoms with E-state index >= 15 is 0 Å². The Morgan fingerprint density at radius 2 is 1.08 bits per heavy atom. The first-order valence-electron chi connectivity index (χ1n) is 5.28. The van der Waals surface area contributed by atoms with Crippen molar-refractivity contribution in [3.05, 3.63) is 0 Å². The fourth-order valence-electron chi connectivity index (χ4n) is 0.451. The van der Waals surface area contributed by atoms with Crippen LogP contribution in [0.25, 0.3) is 0 Å². The van der Waals surface area contributed by atoms with Gasteiger partial charge in [-0.15, -0.1) is 0 Å². The molecule has 0 heterocycles. The van der Waals surface area contributed by atoms with Gasteiger partial charge in [0, 0.05) is 24.6 Å². The number of nitrogens with one attached hydrogen (secondary N) is 2. The van der Waals surface area contributed by atoms with Crippen molar-refractivity contribution in [1.29, 1.82) is 0 Å². The monoisotopic (exact) mass is 208 g/mol. The lowest BCUT2D eigenvalue weighted by Gasteiger charge is -1.98. The summed E-state index contributed by atoms with van der Waals surface area (Å²) >= 11 is 1.98. The zero-order chi connectivity index (χ0) is 10.9. The highest BCUT2D eigenvalue weighted by Crippen LogP contribution is 1.94. The summed E-state index contributed by atoms with van der Waals surface area (Å²) in [5.74, 6) is 2.44. The molecular weight excluding hydrogens is 180 g/mol. The number of hydrogen-bond acceptors (Lipinski definition) is 3. The minimum atomic E-state index is 1.12. The summed E-state index contributed by atoms with van der Waals surface area (Å²) in [6, 6.07) is 0. The molecule has 0 aromatic heterocycles. The van der Waals surface area contributed by atoms with Gasteiger partial charge < -0.3 is 10.6 Å². The molecule has 0 aliphatic rings. The van der Waals surface area contributed by atoms with Crippen molar-refractivity contribution in [2.45, 2.75) is 27.7 Å². The molecule has 0 fully saturated rings. The van der Waals surface area contributed by atoms with E-state index in [2.05, 4.69) is 10.6 Å². The maximum absolute atomic E-state index is 3.10. The second-order valence-corrected chi connectivity index (χ2v) is 3.04. The first-order chi connectivity index (χ1) is 6.41. The van der Waals surface area contributed by atoms with Crippen molar-refractivity contribution >= 4 is 11.8 Å². The van der Waals surface area contributed by atoms with E-state index in [1.54, 1.807) is 0 Å². The van der Waals surface area contributed by atoms with Crippen LogP contribution >= 0.6 is 11.8 Å². The van der Waals surface area contributed by atoms with Gasteiger partial charge in [0.2, 0.25) is 0 Å². The molecule has 0 aliphatic heterocycles. The Bertz CT molecular complexity index is 46.2. The van der Waals surface area contributed by atoms with E-state index in [0.29, 0.717) is 0 Å². The molecule has 0 atom stereocenters. The fourth-order valence-corrected chi connectivity index (χ4v) is 1.35. The van der Waals surface area contributed by atoms with Crippen molar-refractivity contribution in [2.24, 2.45) is 0 Å². The van der Waals surface area contributed by atoms with Crippen LogP contribution in [-0.4, -0.2) is 38.7 Å². The highest BCUT2D eigenvalue weighted by atomic mass is 32.2. The smallest absolute Gasteiger partial charge is 0.00584 e. The second kappa shape index (κ2) is 29.5. The molecule has 3 heteroatoms. The van der Waals surface area contributed by atoms with E-state index in [1.165, 1.54) is 11.5 Å². The lowest BCUT2D eigenvalue weighted by atomic mass is 10.7. The molecule has 0 aromatic carbocycles. The van der Waals surface area contributed by atoms with Crippen LogP contribution in [0, 0.1) is 0 Å². The van der Waals surface area contributed by atoms with Crippen LogP contribution in [0.3, 0.4) is 0 Å². The largest absolute Gasteiger partial charge is 0.319 e. The van der Waals surface area contributed by atoms with Crippen LogP contribution in [0.2, 0.25) is 0 Å². The molecule has 84 valence electrons. The van der Waals surface area contributed by atoms with Crippen LogP contribution < -0.4 is 10.6 Å². The predicted molar refractivity (Wildman–Crippen MR) is 67.9 cm³/mol. The number of hydrogen-bond donors (Lipinski definition) is 2. The molecule has 0 rings (SSSR count). The molecule has 0 aliphatic carbocycles. The standard InChI is InChI=1S/C6H16N2S.2C2H6/c1-7-3-5-9-6-4-8-2;2*1-2/h7-8H,3-6H2,1-2H3;2*1-2H3. The van der Waals surface area contributed by atoms with Gasteiger partial charge in [0.1, 0.15) is 0 Å². The van der Waals surface area contributed by atoms with E-state index in [4.69, 9.17) is 0 Å². The molecule has 0 saturated heterocycles. The van der Waals surface area contributed by atoms with Crippen molar-refractivity contribution < 1.29 is 0 Å². The van der Waals surface area contributed by atoms with Gasteiger partial charge in [0.15, 0.2) is 0 Å². The molecule has 2 N–H and O–H groups in total. The van der Waals surface area contributed by atoms with Gasteiger partial charge in [-0.25, -0.2) is 0 Å². The van der Waals surface area contributed by atoms with Gasteiger partial charge in [0.05, 0.1) is 0 Å². The first-order valence-corrected chi connectivity index (χ1v) is 6.44. The normalized spacial score (nSPS) is 7.85. The molecule has 0 radical (unpaired) electrons. The van der Waals surface area contributed by atoms with E-state index in [9.17, 15) is 0 Å². The summed E-state index contributed by atoms with van der Waals surface area (Å²) in [5.41, 5.74) is 0. The SMILES string of the molecule is CC.CC.CNCCSCCNC. The molecule has 0 saturated carbocycles. The molecule has 0 amide bonds. The third-order valence-electron chi connectivity index (χ3n) is 0.993. The molecule has 0 unspecified atom stereocenters. The van der Waals surface area contributed by atoms with Crippen LogP contribution in [0.4, 0.5) is 0 Å². The Balaban J connectivity index is -0.000000218. The maximum atomic E-state index is 3.10. The van der Waals surface area contributed by atoms with E-state index in [1.807, 2.05) is 53.6 Å². The second-order valence-electron chi connectivity index (χ2n) is 1.82. The molecule has 2 nitrogen and oxygen atoms in total. The van der Waals surface area contributed by atoms with E-state index in [-0.39, 0.29) is 0 Å². The number of rotatable bonds is 6. The van der Waals surface area contributed by atoms with Crippen LogP contribution in [-0.2, 0) is 0 Å². The Labute approximate surface area is 89.3 Å². The Morgan fingerprint density at radius 3 is 1.31 bits per heavy atom. The third-order valence-corrected chi connectivity index (χ3v) is 1.98. The lowest BCUT2D eigenvalue weighted by molar-refractivity contribution is 0.858. The van der Waals surface area contributed by atoms with Crippen molar-refractivity contribution in [3.8, 4) is 0 Å². The minimum Gasteiger partial charge on any atom is -0.319 e. The van der Waals surface area contributed by atoms with Crippen molar-refractivity contribution in [1.82, 2.24) is 10.6 Å². The summed E-state index contributed by atoms with van der Waals surface area (Å²) in [4.78, 5) is 0. The molecule has 0 bridgehead atoms. The summed E-state index contributed by atoms with van der Waals surface area (Å²) in [6.45, 7) is 10.2. The molecule has 13 heavy (non-hydrogen) atoms. The minimum absolute atomic E-state index is 1.12. The third kappa shape index (κ3) is 32.9. The average Bonchev–Trinajstić information content (AvgIpc) is 2.24. The quantitative estimate of drug-likeness (QED) is 0.655. The van der Waals surface area contributed by atoms with Gasteiger partial charge in [-0.1, -0.05) is 27.7 Å². The zero-order valence-corrected chi connectivity index (χ0v) is 11.1. The Kier molecular flexibility index (Phi) is 43.0. The van der Waals surface area contributed by atoms with Gasteiger partial charge in [-0.05, 0) is 14.1 Å². The molecular formula is C10H28N2S. The lowest BCUT2D eigenvalue weighted by Crippen LogP contribution is -2.13. The van der Waals surface area contributed by atoms with E-state index < -0.39 is 0 Å². The van der Waals surface area contributed by atoms with E-state index in [0.717, 1.165) is 13.1 Å². The van der Waals surface area contributed by atoms with Gasteiger partial charge >= 0.3 is 0 Å². The van der Waals surface area contributed by atoms with Crippen LogP contribution in [0.15, 0.2) is 0 Å². The van der Waals surface area contributed by atoms with Crippen molar-refractivity contribution in [3.63, 3.8) is 0 Å². The van der Waals surface area contributed by atoms with Crippen LogP contribution in [0.1, 0.15) is 27.7 Å². The predicted octanol–water partition coefficient (Wildman–Crippen LogP) is 2.21.